The van der Waals surface area contributed by atoms with E-state index in [-0.39, 0.29) is 5.48 Å². The largest absolute Gasteiger partial charge is 0.870 e. The van der Waals surface area contributed by atoms with Gasteiger partial charge in [0.05, 0.1) is 13.3 Å². The number of esters is 1. The highest BCUT2D eigenvalue weighted by Crippen LogP contribution is 1.96. The lowest BCUT2D eigenvalue weighted by Crippen LogP contribution is -2.20. The molecule has 0 fully saturated rings. The first-order valence-electron chi connectivity index (χ1n) is 3.17. The minimum absolute atomic E-state index is 0. The fraction of sp³-hybridized carbons (Fsp3) is 0.286. The molecule has 0 bridgehead atoms. The van der Waals surface area contributed by atoms with Crippen LogP contribution in [-0.2, 0) is 4.74 Å². The van der Waals surface area contributed by atoms with Crippen LogP contribution in [0, 0.1) is 6.92 Å². The number of ether oxygens (including phenoxy) is 1. The van der Waals surface area contributed by atoms with Crippen LogP contribution in [0.15, 0.2) is 12.4 Å². The topological polar surface area (TPSA) is 83.3 Å². The summed E-state index contributed by atoms with van der Waals surface area (Å²) in [6, 6.07) is 0. The maximum absolute atomic E-state index is 10.9. The molecule has 0 saturated heterocycles. The van der Waals surface area contributed by atoms with E-state index in [1.54, 1.807) is 19.3 Å². The van der Waals surface area contributed by atoms with Gasteiger partial charge in [0, 0.05) is 0 Å². The van der Waals surface area contributed by atoms with Gasteiger partial charge in [-0.3, -0.25) is 0 Å². The molecule has 2 N–H and O–H groups in total. The molecule has 0 atom stereocenters. The Morgan fingerprint density at radius 1 is 1.67 bits per heavy atom. The molecule has 1 heterocycles. The van der Waals surface area contributed by atoms with E-state index in [0.29, 0.717) is 11.4 Å². The second-order valence-corrected chi connectivity index (χ2v) is 2.04. The van der Waals surface area contributed by atoms with Crippen molar-refractivity contribution in [2.24, 2.45) is 0 Å². The van der Waals surface area contributed by atoms with Gasteiger partial charge in [0.25, 0.3) is 0 Å². The molecule has 0 aliphatic carbocycles. The molecule has 0 radical (unpaired) electrons. The highest BCUT2D eigenvalue weighted by Gasteiger charge is 2.16. The Morgan fingerprint density at radius 2 is 2.33 bits per heavy atom. The second kappa shape index (κ2) is 4.40. The second-order valence-electron chi connectivity index (χ2n) is 2.04. The third-order valence-electron chi connectivity index (χ3n) is 1.32. The molecule has 66 valence electrons. The van der Waals surface area contributed by atoms with E-state index < -0.39 is 5.97 Å². The van der Waals surface area contributed by atoms with Crippen molar-refractivity contribution < 1.29 is 20.0 Å². The molecule has 0 spiro atoms. The van der Waals surface area contributed by atoms with Gasteiger partial charge in [-0.25, -0.2) is 14.8 Å². The maximum atomic E-state index is 10.9. The summed E-state index contributed by atoms with van der Waals surface area (Å²) in [5.74, 6) is -0.393. The molecule has 0 aliphatic heterocycles. The summed E-state index contributed by atoms with van der Waals surface area (Å²) >= 11 is 0. The summed E-state index contributed by atoms with van der Waals surface area (Å²) in [6.45, 7) is 1.74. The summed E-state index contributed by atoms with van der Waals surface area (Å²) in [4.78, 5) is 17.6. The number of rotatable bonds is 1. The van der Waals surface area contributed by atoms with Crippen LogP contribution in [0.1, 0.15) is 16.2 Å². The number of H-pyrrole nitrogens is 1. The van der Waals surface area contributed by atoms with E-state index in [9.17, 15) is 4.79 Å². The van der Waals surface area contributed by atoms with Crippen LogP contribution < -0.4 is 4.98 Å². The van der Waals surface area contributed by atoms with E-state index in [1.165, 1.54) is 7.11 Å². The number of nitrogens with one attached hydrogen (secondary N) is 1. The lowest BCUT2D eigenvalue weighted by atomic mass is 10.3. The first kappa shape index (κ1) is 10.5. The molecule has 5 nitrogen and oxygen atoms in total. The van der Waals surface area contributed by atoms with Gasteiger partial charge in [0.15, 0.2) is 6.20 Å². The van der Waals surface area contributed by atoms with Crippen molar-refractivity contribution in [1.82, 2.24) is 4.98 Å². The fourth-order valence-electron chi connectivity index (χ4n) is 0.747. The number of aromatic amines is 1. The number of hydrogen-bond acceptors (Lipinski definition) is 4. The molecule has 0 unspecified atom stereocenters. The van der Waals surface area contributed by atoms with Crippen molar-refractivity contribution in [3.05, 3.63) is 23.8 Å². The van der Waals surface area contributed by atoms with Crippen LogP contribution in [0.4, 0.5) is 0 Å². The van der Waals surface area contributed by atoms with Crippen LogP contribution in [0.3, 0.4) is 0 Å². The van der Waals surface area contributed by atoms with E-state index >= 15 is 0 Å². The number of carbonyl (C=O) groups is 1. The molecular formula is C7H10N2O3. The first-order valence-corrected chi connectivity index (χ1v) is 3.17. The Kier molecular flexibility index (Phi) is 3.85. The third-order valence-corrected chi connectivity index (χ3v) is 1.32. The predicted molar refractivity (Wildman–Crippen MR) is 38.8 cm³/mol. The summed E-state index contributed by atoms with van der Waals surface area (Å²) in [6.07, 6.45) is 3.17. The van der Waals surface area contributed by atoms with Crippen LogP contribution in [-0.4, -0.2) is 23.5 Å². The average molecular weight is 170 g/mol. The monoisotopic (exact) mass is 170 g/mol. The maximum Gasteiger partial charge on any atom is 0.405 e. The highest BCUT2D eigenvalue weighted by atomic mass is 16.5. The zero-order valence-electron chi connectivity index (χ0n) is 6.87. The van der Waals surface area contributed by atoms with Crippen LogP contribution in [0.2, 0.25) is 0 Å². The molecule has 1 aromatic heterocycles. The lowest BCUT2D eigenvalue weighted by molar-refractivity contribution is -0.385. The molecule has 0 aliphatic rings. The summed E-state index contributed by atoms with van der Waals surface area (Å²) in [5.41, 5.74) is 1.04. The molecule has 1 rings (SSSR count). The van der Waals surface area contributed by atoms with Crippen molar-refractivity contribution in [2.45, 2.75) is 6.92 Å². The fourth-order valence-corrected chi connectivity index (χ4v) is 0.747. The SMILES string of the molecule is COC(=O)c1[nH+]ccnc1C.[OH-]. The Labute approximate surface area is 69.7 Å². The Hall–Kier alpha value is -1.49. The standard InChI is InChI=1S/C7H8N2O2.H2O/c1-5-6(7(10)11-2)9-4-3-8-5;/h3-4H,1-2H3;1H2. The van der Waals surface area contributed by atoms with Gasteiger partial charge < -0.3 is 10.2 Å². The first-order chi connectivity index (χ1) is 5.25. The third kappa shape index (κ3) is 2.00. The zero-order chi connectivity index (χ0) is 8.27. The Bertz CT molecular complexity index is 275. The van der Waals surface area contributed by atoms with Crippen molar-refractivity contribution in [3.8, 4) is 0 Å². The van der Waals surface area contributed by atoms with Crippen LogP contribution in [0.5, 0.6) is 0 Å². The van der Waals surface area contributed by atoms with Gasteiger partial charge in [-0.05, 0) is 6.92 Å². The summed E-state index contributed by atoms with van der Waals surface area (Å²) < 4.78 is 4.51. The number of carbonyl (C=O) groups excluding carboxylic acids is 1. The number of aryl methyl sites for hydroxylation is 1. The predicted octanol–water partition coefficient (Wildman–Crippen LogP) is -0.186. The molecule has 12 heavy (non-hydrogen) atoms. The molecule has 5 heteroatoms. The number of aromatic nitrogens is 2. The van der Waals surface area contributed by atoms with Gasteiger partial charge in [-0.2, -0.15) is 0 Å². The van der Waals surface area contributed by atoms with Gasteiger partial charge >= 0.3 is 11.7 Å². The minimum atomic E-state index is -0.393. The minimum Gasteiger partial charge on any atom is -0.870 e. The van der Waals surface area contributed by atoms with Crippen molar-refractivity contribution in [2.75, 3.05) is 7.11 Å². The van der Waals surface area contributed by atoms with Crippen molar-refractivity contribution in [3.63, 3.8) is 0 Å². The van der Waals surface area contributed by atoms with Gasteiger partial charge in [0.1, 0.15) is 5.69 Å². The smallest absolute Gasteiger partial charge is 0.405 e. The highest BCUT2D eigenvalue weighted by molar-refractivity contribution is 5.86. The van der Waals surface area contributed by atoms with E-state index in [2.05, 4.69) is 14.7 Å². The zero-order valence-corrected chi connectivity index (χ0v) is 6.87. The van der Waals surface area contributed by atoms with E-state index in [0.717, 1.165) is 0 Å². The van der Waals surface area contributed by atoms with Crippen LogP contribution in [0.25, 0.3) is 0 Å². The molecule has 1 aromatic rings. The van der Waals surface area contributed by atoms with E-state index in [4.69, 9.17) is 0 Å². The van der Waals surface area contributed by atoms with Gasteiger partial charge in [-0.1, -0.05) is 0 Å². The quantitative estimate of drug-likeness (QED) is 0.547. The molecule has 0 saturated carbocycles. The number of hydrogen-bond donors (Lipinski definition) is 0. The average Bonchev–Trinajstić information content (AvgIpc) is 2.04. The molecular weight excluding hydrogens is 160 g/mol. The van der Waals surface area contributed by atoms with Crippen LogP contribution >= 0.6 is 0 Å². The van der Waals surface area contributed by atoms with Crippen molar-refractivity contribution in [1.29, 1.82) is 0 Å². The normalized spacial score (nSPS) is 8.50. The Balaban J connectivity index is 0.00000121. The number of methoxy groups -OCH3 is 1. The van der Waals surface area contributed by atoms with Gasteiger partial charge in [0.2, 0.25) is 0 Å². The molecule has 0 aromatic carbocycles. The van der Waals surface area contributed by atoms with Gasteiger partial charge in [-0.15, -0.1) is 0 Å². The van der Waals surface area contributed by atoms with E-state index in [1.807, 2.05) is 0 Å². The number of nitrogens with zero attached hydrogens (tertiary/aromatic N) is 1. The Morgan fingerprint density at radius 3 is 2.83 bits per heavy atom. The lowest BCUT2D eigenvalue weighted by Gasteiger charge is -1.93. The summed E-state index contributed by atoms with van der Waals surface area (Å²) in [7, 11) is 1.34. The van der Waals surface area contributed by atoms with Crippen molar-refractivity contribution >= 4 is 5.97 Å². The molecule has 0 amide bonds. The summed E-state index contributed by atoms with van der Waals surface area (Å²) in [5, 5.41) is 0.